The molecule has 8 nitrogen and oxygen atoms in total. The van der Waals surface area contributed by atoms with Gasteiger partial charge in [0.2, 0.25) is 17.6 Å². The lowest BCUT2D eigenvalue weighted by Crippen LogP contribution is -2.63. The van der Waals surface area contributed by atoms with Crippen molar-refractivity contribution in [3.63, 3.8) is 0 Å². The van der Waals surface area contributed by atoms with Gasteiger partial charge in [-0.2, -0.15) is 0 Å². The molecule has 2 aromatic carbocycles. The van der Waals surface area contributed by atoms with E-state index in [0.29, 0.717) is 30.2 Å². The predicted octanol–water partition coefficient (Wildman–Crippen LogP) is 3.53. The van der Waals surface area contributed by atoms with E-state index in [1.54, 1.807) is 31.1 Å². The van der Waals surface area contributed by atoms with Crippen molar-refractivity contribution < 1.29 is 23.8 Å². The number of para-hydroxylation sites is 1. The summed E-state index contributed by atoms with van der Waals surface area (Å²) in [4.78, 5) is 34.3. The lowest BCUT2D eigenvalue weighted by Gasteiger charge is -2.47. The maximum Gasteiger partial charge on any atom is 0.246 e. The van der Waals surface area contributed by atoms with Gasteiger partial charge in [0.25, 0.3) is 0 Å². The molecular weight excluding hydrogens is 446 g/mol. The van der Waals surface area contributed by atoms with Crippen molar-refractivity contribution in [3.8, 4) is 17.2 Å². The Kier molecular flexibility index (Phi) is 5.83. The standard InChI is InChI=1S/C27H31N3O5/c1-15(2)13-29-14-23(31)30-20(27(29)32)12-18-17-8-6-7-9-19(17)28-24(18)25(30)16-10-21(33-3)26(35-5)22(11-16)34-4/h6-11,15,20,25,28H,12-14H2,1-5H3/t20-,25-/m0/s1. The van der Waals surface area contributed by atoms with E-state index in [2.05, 4.69) is 24.9 Å². The number of fused-ring (bicyclic) bond motifs is 4. The van der Waals surface area contributed by atoms with Crippen LogP contribution in [0, 0.1) is 5.92 Å². The second-order valence-corrected chi connectivity index (χ2v) is 9.56. The molecule has 5 rings (SSSR count). The van der Waals surface area contributed by atoms with Gasteiger partial charge in [-0.1, -0.05) is 32.0 Å². The number of aromatic amines is 1. The van der Waals surface area contributed by atoms with Crippen LogP contribution in [-0.2, 0) is 16.0 Å². The smallest absolute Gasteiger partial charge is 0.246 e. The van der Waals surface area contributed by atoms with Crippen LogP contribution in [0.1, 0.15) is 36.7 Å². The molecule has 0 spiro atoms. The van der Waals surface area contributed by atoms with Crippen molar-refractivity contribution in [3.05, 3.63) is 53.2 Å². The molecular formula is C27H31N3O5. The summed E-state index contributed by atoms with van der Waals surface area (Å²) >= 11 is 0. The van der Waals surface area contributed by atoms with Crippen LogP contribution in [-0.4, -0.2) is 67.1 Å². The maximum atomic E-state index is 13.7. The fourth-order valence-corrected chi connectivity index (χ4v) is 5.52. The molecule has 2 aliphatic heterocycles. The van der Waals surface area contributed by atoms with Gasteiger partial charge in [-0.25, -0.2) is 0 Å². The summed E-state index contributed by atoms with van der Waals surface area (Å²) in [7, 11) is 4.69. The minimum absolute atomic E-state index is 0.00771. The fourth-order valence-electron chi connectivity index (χ4n) is 5.52. The Hall–Kier alpha value is -3.68. The molecule has 1 saturated heterocycles. The zero-order valence-electron chi connectivity index (χ0n) is 20.8. The van der Waals surface area contributed by atoms with E-state index < -0.39 is 12.1 Å². The van der Waals surface area contributed by atoms with E-state index in [4.69, 9.17) is 14.2 Å². The first-order chi connectivity index (χ1) is 16.9. The molecule has 0 aliphatic carbocycles. The van der Waals surface area contributed by atoms with Gasteiger partial charge in [0, 0.05) is 29.6 Å². The van der Waals surface area contributed by atoms with Crippen molar-refractivity contribution in [2.24, 2.45) is 5.92 Å². The van der Waals surface area contributed by atoms with Crippen molar-refractivity contribution in [2.45, 2.75) is 32.4 Å². The molecule has 2 amide bonds. The average Bonchev–Trinajstić information content (AvgIpc) is 3.23. The molecule has 0 radical (unpaired) electrons. The molecule has 8 heteroatoms. The van der Waals surface area contributed by atoms with E-state index in [0.717, 1.165) is 27.7 Å². The van der Waals surface area contributed by atoms with Crippen LogP contribution in [0.5, 0.6) is 17.2 Å². The summed E-state index contributed by atoms with van der Waals surface area (Å²) in [5.74, 6) is 1.67. The topological polar surface area (TPSA) is 84.1 Å². The van der Waals surface area contributed by atoms with Crippen LogP contribution in [0.3, 0.4) is 0 Å². The normalized spacial score (nSPS) is 19.7. The Morgan fingerprint density at radius 2 is 1.71 bits per heavy atom. The van der Waals surface area contributed by atoms with Crippen LogP contribution in [0.25, 0.3) is 10.9 Å². The van der Waals surface area contributed by atoms with Gasteiger partial charge >= 0.3 is 0 Å². The number of aromatic nitrogens is 1. The van der Waals surface area contributed by atoms with E-state index in [-0.39, 0.29) is 24.3 Å². The van der Waals surface area contributed by atoms with Gasteiger partial charge in [0.15, 0.2) is 11.5 Å². The van der Waals surface area contributed by atoms with E-state index in [9.17, 15) is 9.59 Å². The van der Waals surface area contributed by atoms with E-state index >= 15 is 0 Å². The first-order valence-corrected chi connectivity index (χ1v) is 11.9. The van der Waals surface area contributed by atoms with E-state index in [1.165, 1.54) is 0 Å². The van der Waals surface area contributed by atoms with Gasteiger partial charge < -0.3 is 29.0 Å². The molecule has 0 saturated carbocycles. The number of piperazine rings is 1. The summed E-state index contributed by atoms with van der Waals surface area (Å²) in [6.07, 6.45) is 0.472. The molecule has 184 valence electrons. The number of rotatable bonds is 6. The Morgan fingerprint density at radius 3 is 2.34 bits per heavy atom. The Morgan fingerprint density at radius 1 is 1.03 bits per heavy atom. The van der Waals surface area contributed by atoms with Crippen molar-refractivity contribution >= 4 is 22.7 Å². The number of hydrogen-bond acceptors (Lipinski definition) is 5. The number of hydrogen-bond donors (Lipinski definition) is 1. The lowest BCUT2D eigenvalue weighted by molar-refractivity contribution is -0.159. The highest BCUT2D eigenvalue weighted by molar-refractivity contribution is 5.97. The summed E-state index contributed by atoms with van der Waals surface area (Å²) in [6.45, 7) is 4.75. The number of ether oxygens (including phenoxy) is 3. The predicted molar refractivity (Wildman–Crippen MR) is 132 cm³/mol. The largest absolute Gasteiger partial charge is 0.493 e. The highest BCUT2D eigenvalue weighted by Crippen LogP contribution is 2.47. The number of nitrogens with zero attached hydrogens (tertiary/aromatic N) is 2. The third-order valence-corrected chi connectivity index (χ3v) is 6.93. The molecule has 2 aliphatic rings. The van der Waals surface area contributed by atoms with Crippen LogP contribution in [0.4, 0.5) is 0 Å². The lowest BCUT2D eigenvalue weighted by atomic mass is 9.86. The number of amides is 2. The maximum absolute atomic E-state index is 13.7. The monoisotopic (exact) mass is 477 g/mol. The number of benzene rings is 2. The van der Waals surface area contributed by atoms with Crippen molar-refractivity contribution in [1.29, 1.82) is 0 Å². The van der Waals surface area contributed by atoms with Crippen LogP contribution in [0.15, 0.2) is 36.4 Å². The van der Waals surface area contributed by atoms with Gasteiger partial charge in [0.05, 0.1) is 33.9 Å². The number of carbonyl (C=O) groups excluding carboxylic acids is 2. The van der Waals surface area contributed by atoms with Crippen LogP contribution in [0.2, 0.25) is 0 Å². The van der Waals surface area contributed by atoms with Crippen LogP contribution < -0.4 is 14.2 Å². The fraction of sp³-hybridized carbons (Fsp3) is 0.407. The van der Waals surface area contributed by atoms with E-state index in [1.807, 2.05) is 30.3 Å². The number of nitrogens with one attached hydrogen (secondary N) is 1. The minimum Gasteiger partial charge on any atom is -0.493 e. The number of carbonyl (C=O) groups is 2. The summed E-state index contributed by atoms with van der Waals surface area (Å²) in [5, 5.41) is 1.07. The number of H-pyrrole nitrogens is 1. The Labute approximate surface area is 204 Å². The zero-order valence-corrected chi connectivity index (χ0v) is 20.8. The van der Waals surface area contributed by atoms with Crippen molar-refractivity contribution in [1.82, 2.24) is 14.8 Å². The molecule has 3 aromatic rings. The van der Waals surface area contributed by atoms with Crippen LogP contribution >= 0.6 is 0 Å². The zero-order chi connectivity index (χ0) is 24.9. The quantitative estimate of drug-likeness (QED) is 0.587. The van der Waals surface area contributed by atoms with Gasteiger partial charge in [-0.15, -0.1) is 0 Å². The highest BCUT2D eigenvalue weighted by atomic mass is 16.5. The molecule has 1 N–H and O–H groups in total. The second-order valence-electron chi connectivity index (χ2n) is 9.56. The van der Waals surface area contributed by atoms with Crippen molar-refractivity contribution in [2.75, 3.05) is 34.4 Å². The molecule has 2 atom stereocenters. The Bertz CT molecular complexity index is 1270. The SMILES string of the molecule is COc1cc([C@H]2c3[nH]c4ccccc4c3C[C@H]3C(=O)N(CC(C)C)CC(=O)N23)cc(OC)c1OC. The van der Waals surface area contributed by atoms with Gasteiger partial charge in [-0.05, 0) is 35.2 Å². The molecule has 1 aromatic heterocycles. The first kappa shape index (κ1) is 23.1. The third-order valence-electron chi connectivity index (χ3n) is 6.93. The molecule has 0 unspecified atom stereocenters. The Balaban J connectivity index is 1.72. The summed E-state index contributed by atoms with van der Waals surface area (Å²) < 4.78 is 16.7. The first-order valence-electron chi connectivity index (χ1n) is 11.9. The second kappa shape index (κ2) is 8.83. The highest BCUT2D eigenvalue weighted by Gasteiger charge is 2.48. The summed E-state index contributed by atoms with van der Waals surface area (Å²) in [6, 6.07) is 10.7. The minimum atomic E-state index is -0.578. The number of methoxy groups -OCH3 is 3. The van der Waals surface area contributed by atoms with Gasteiger partial charge in [-0.3, -0.25) is 9.59 Å². The molecule has 3 heterocycles. The molecule has 1 fully saturated rings. The average molecular weight is 478 g/mol. The van der Waals surface area contributed by atoms with Gasteiger partial charge in [0.1, 0.15) is 6.04 Å². The molecule has 0 bridgehead atoms. The third kappa shape index (κ3) is 3.68. The summed E-state index contributed by atoms with van der Waals surface area (Å²) in [5.41, 5.74) is 3.74. The molecule has 35 heavy (non-hydrogen) atoms.